The normalized spacial score (nSPS) is 10.6. The first-order valence-corrected chi connectivity index (χ1v) is 8.62. The standard InChI is InChI=1S/C21H19N3O4/c1-5-8-22-21(27)20(26)18-12(2)19(24(4)13(18)3)16(25)10-14-6-7-17-15(9-14)23-11-28-17/h1,6-7,9,11H,8,10H2,2-4H3,(H,22,27). The van der Waals surface area contributed by atoms with Crippen LogP contribution in [0, 0.1) is 26.2 Å². The molecule has 1 amide bonds. The summed E-state index contributed by atoms with van der Waals surface area (Å²) in [5, 5.41) is 2.36. The molecule has 0 aliphatic carbocycles. The number of hydrogen-bond donors (Lipinski definition) is 1. The first-order chi connectivity index (χ1) is 13.3. The van der Waals surface area contributed by atoms with Crippen LogP contribution in [-0.4, -0.2) is 33.6 Å². The van der Waals surface area contributed by atoms with Gasteiger partial charge in [0, 0.05) is 19.2 Å². The van der Waals surface area contributed by atoms with E-state index in [0.717, 1.165) is 5.56 Å². The minimum Gasteiger partial charge on any atom is -0.443 e. The highest BCUT2D eigenvalue weighted by molar-refractivity contribution is 6.43. The summed E-state index contributed by atoms with van der Waals surface area (Å²) in [6.45, 7) is 3.33. The molecule has 3 aromatic rings. The van der Waals surface area contributed by atoms with Gasteiger partial charge in [0.25, 0.3) is 11.7 Å². The Morgan fingerprint density at radius 1 is 1.29 bits per heavy atom. The predicted molar refractivity (Wildman–Crippen MR) is 103 cm³/mol. The highest BCUT2D eigenvalue weighted by Crippen LogP contribution is 2.24. The first-order valence-electron chi connectivity index (χ1n) is 8.62. The smallest absolute Gasteiger partial charge is 0.293 e. The summed E-state index contributed by atoms with van der Waals surface area (Å²) in [6.07, 6.45) is 6.60. The van der Waals surface area contributed by atoms with Crippen molar-refractivity contribution in [3.05, 3.63) is 52.7 Å². The third-order valence-electron chi connectivity index (χ3n) is 4.74. The number of carbonyl (C=O) groups excluding carboxylic acids is 3. The van der Waals surface area contributed by atoms with E-state index < -0.39 is 11.7 Å². The summed E-state index contributed by atoms with van der Waals surface area (Å²) in [7, 11) is 1.70. The van der Waals surface area contributed by atoms with Gasteiger partial charge >= 0.3 is 0 Å². The number of Topliss-reactive ketones (excluding diaryl/α,β-unsaturated/α-hetero) is 2. The second-order valence-corrected chi connectivity index (χ2v) is 6.46. The Morgan fingerprint density at radius 3 is 2.75 bits per heavy atom. The Balaban J connectivity index is 1.91. The van der Waals surface area contributed by atoms with E-state index >= 15 is 0 Å². The number of ketones is 2. The van der Waals surface area contributed by atoms with E-state index in [1.165, 1.54) is 6.39 Å². The number of hydrogen-bond acceptors (Lipinski definition) is 5. The minimum absolute atomic E-state index is 0.0359. The fraction of sp³-hybridized carbons (Fsp3) is 0.238. The van der Waals surface area contributed by atoms with Crippen molar-refractivity contribution < 1.29 is 18.8 Å². The van der Waals surface area contributed by atoms with Crippen molar-refractivity contribution in [3.8, 4) is 12.3 Å². The summed E-state index contributed by atoms with van der Waals surface area (Å²) in [5.74, 6) is 0.602. The number of fused-ring (bicyclic) bond motifs is 1. The van der Waals surface area contributed by atoms with Gasteiger partial charge in [0.1, 0.15) is 5.52 Å². The maximum atomic E-state index is 13.0. The molecule has 0 aliphatic rings. The number of amides is 1. The lowest BCUT2D eigenvalue weighted by Gasteiger charge is -2.06. The quantitative estimate of drug-likeness (QED) is 0.403. The van der Waals surface area contributed by atoms with Gasteiger partial charge in [-0.3, -0.25) is 14.4 Å². The zero-order valence-corrected chi connectivity index (χ0v) is 15.8. The van der Waals surface area contributed by atoms with Gasteiger partial charge in [0.15, 0.2) is 17.8 Å². The van der Waals surface area contributed by atoms with E-state index in [1.54, 1.807) is 43.7 Å². The molecule has 7 heteroatoms. The molecular formula is C21H19N3O4. The van der Waals surface area contributed by atoms with Crippen molar-refractivity contribution in [2.75, 3.05) is 6.54 Å². The highest BCUT2D eigenvalue weighted by Gasteiger charge is 2.28. The fourth-order valence-corrected chi connectivity index (χ4v) is 3.32. The van der Waals surface area contributed by atoms with Gasteiger partial charge in [-0.1, -0.05) is 12.0 Å². The van der Waals surface area contributed by atoms with Gasteiger partial charge in [-0.15, -0.1) is 6.42 Å². The van der Waals surface area contributed by atoms with Crippen LogP contribution in [0.4, 0.5) is 0 Å². The van der Waals surface area contributed by atoms with Crippen LogP contribution >= 0.6 is 0 Å². The van der Waals surface area contributed by atoms with E-state index in [-0.39, 0.29) is 24.3 Å². The molecule has 142 valence electrons. The van der Waals surface area contributed by atoms with Crippen molar-refractivity contribution in [2.24, 2.45) is 7.05 Å². The Morgan fingerprint density at radius 2 is 2.04 bits per heavy atom. The van der Waals surface area contributed by atoms with Gasteiger partial charge in [-0.05, 0) is 37.1 Å². The van der Waals surface area contributed by atoms with E-state index in [2.05, 4.69) is 16.2 Å². The zero-order chi connectivity index (χ0) is 20.4. The van der Waals surface area contributed by atoms with E-state index in [0.29, 0.717) is 28.1 Å². The summed E-state index contributed by atoms with van der Waals surface area (Å²) in [6, 6.07) is 5.36. The maximum absolute atomic E-state index is 13.0. The van der Waals surface area contributed by atoms with Crippen LogP contribution in [0.3, 0.4) is 0 Å². The van der Waals surface area contributed by atoms with Gasteiger partial charge in [0.2, 0.25) is 0 Å². The molecule has 0 saturated carbocycles. The number of carbonyl (C=O) groups is 3. The Bertz CT molecular complexity index is 1140. The van der Waals surface area contributed by atoms with Gasteiger partial charge in [-0.25, -0.2) is 4.98 Å². The van der Waals surface area contributed by atoms with Crippen molar-refractivity contribution in [3.63, 3.8) is 0 Å². The van der Waals surface area contributed by atoms with E-state index in [1.807, 2.05) is 0 Å². The number of terminal acetylenes is 1. The molecule has 2 aromatic heterocycles. The van der Waals surface area contributed by atoms with Gasteiger partial charge < -0.3 is 14.3 Å². The molecule has 7 nitrogen and oxygen atoms in total. The summed E-state index contributed by atoms with van der Waals surface area (Å²) in [4.78, 5) is 41.6. The molecule has 28 heavy (non-hydrogen) atoms. The predicted octanol–water partition coefficient (Wildman–Crippen LogP) is 2.14. The molecule has 1 N–H and O–H groups in total. The van der Waals surface area contributed by atoms with Crippen molar-refractivity contribution in [1.29, 1.82) is 0 Å². The van der Waals surface area contributed by atoms with Gasteiger partial charge in [0.05, 0.1) is 17.8 Å². The van der Waals surface area contributed by atoms with E-state index in [4.69, 9.17) is 10.8 Å². The van der Waals surface area contributed by atoms with Crippen LogP contribution in [0.2, 0.25) is 0 Å². The summed E-state index contributed by atoms with van der Waals surface area (Å²) >= 11 is 0. The second kappa shape index (κ2) is 7.53. The van der Waals surface area contributed by atoms with Crippen LogP contribution < -0.4 is 5.32 Å². The Kier molecular flexibility index (Phi) is 5.14. The molecule has 0 atom stereocenters. The fourth-order valence-electron chi connectivity index (χ4n) is 3.32. The molecular weight excluding hydrogens is 358 g/mol. The SMILES string of the molecule is C#CCNC(=O)C(=O)c1c(C)c(C(=O)Cc2ccc3ocnc3c2)n(C)c1C. The van der Waals surface area contributed by atoms with Crippen molar-refractivity contribution >= 4 is 28.6 Å². The van der Waals surface area contributed by atoms with Crippen LogP contribution in [-0.2, 0) is 18.3 Å². The van der Waals surface area contributed by atoms with Crippen LogP contribution in [0.25, 0.3) is 11.1 Å². The Hall–Kier alpha value is -3.66. The molecule has 3 rings (SSSR count). The average molecular weight is 377 g/mol. The topological polar surface area (TPSA) is 94.2 Å². The maximum Gasteiger partial charge on any atom is 0.293 e. The number of oxazole rings is 1. The summed E-state index contributed by atoms with van der Waals surface area (Å²) < 4.78 is 6.86. The largest absolute Gasteiger partial charge is 0.443 e. The highest BCUT2D eigenvalue weighted by atomic mass is 16.3. The number of rotatable bonds is 6. The van der Waals surface area contributed by atoms with Crippen molar-refractivity contribution in [2.45, 2.75) is 20.3 Å². The number of nitrogens with one attached hydrogen (secondary N) is 1. The average Bonchev–Trinajstić information content (AvgIpc) is 3.21. The number of nitrogens with zero attached hydrogens (tertiary/aromatic N) is 2. The molecule has 1 aromatic carbocycles. The van der Waals surface area contributed by atoms with Crippen LogP contribution in [0.1, 0.15) is 37.7 Å². The molecule has 0 saturated heterocycles. The lowest BCUT2D eigenvalue weighted by atomic mass is 10.0. The van der Waals surface area contributed by atoms with Crippen LogP contribution in [0.5, 0.6) is 0 Å². The van der Waals surface area contributed by atoms with E-state index in [9.17, 15) is 14.4 Å². The monoisotopic (exact) mass is 377 g/mol. The molecule has 0 fully saturated rings. The molecule has 0 unspecified atom stereocenters. The second-order valence-electron chi connectivity index (χ2n) is 6.46. The minimum atomic E-state index is -0.787. The third-order valence-corrected chi connectivity index (χ3v) is 4.74. The third kappa shape index (κ3) is 3.32. The first kappa shape index (κ1) is 19.1. The summed E-state index contributed by atoms with van der Waals surface area (Å²) in [5.41, 5.74) is 3.75. The number of benzene rings is 1. The van der Waals surface area contributed by atoms with Gasteiger partial charge in [-0.2, -0.15) is 0 Å². The van der Waals surface area contributed by atoms with Crippen LogP contribution in [0.15, 0.2) is 29.0 Å². The lowest BCUT2D eigenvalue weighted by Crippen LogP contribution is -2.31. The zero-order valence-electron chi connectivity index (χ0n) is 15.8. The lowest BCUT2D eigenvalue weighted by molar-refractivity contribution is -0.116. The Labute approximate surface area is 161 Å². The molecule has 0 spiro atoms. The molecule has 0 bridgehead atoms. The number of aromatic nitrogens is 2. The molecule has 2 heterocycles. The van der Waals surface area contributed by atoms with Crippen molar-refractivity contribution in [1.82, 2.24) is 14.9 Å². The molecule has 0 radical (unpaired) electrons. The molecule has 0 aliphatic heterocycles.